The first kappa shape index (κ1) is 34.9. The number of aliphatic carboxylic acids is 1. The van der Waals surface area contributed by atoms with Crippen LogP contribution in [0.1, 0.15) is 187 Å². The number of esters is 1. The Balaban J connectivity index is 3.55. The lowest BCUT2D eigenvalue weighted by Crippen LogP contribution is -2.18. The minimum Gasteiger partial charge on any atom is -0.481 e. The van der Waals surface area contributed by atoms with Crippen LogP contribution in [-0.2, 0) is 14.3 Å². The average Bonchev–Trinajstić information content (AvgIpc) is 2.85. The Morgan fingerprint density at radius 1 is 0.500 bits per heavy atom. The van der Waals surface area contributed by atoms with E-state index in [2.05, 4.69) is 13.8 Å². The van der Waals surface area contributed by atoms with Gasteiger partial charge >= 0.3 is 11.9 Å². The molecular weight excluding hydrogens is 448 g/mol. The summed E-state index contributed by atoms with van der Waals surface area (Å²) in [5, 5.41) is 8.64. The summed E-state index contributed by atoms with van der Waals surface area (Å²) in [5.41, 5.74) is 0. The highest BCUT2D eigenvalue weighted by molar-refractivity contribution is 5.69. The fourth-order valence-corrected chi connectivity index (χ4v) is 5.00. The van der Waals surface area contributed by atoms with E-state index in [-0.39, 0.29) is 12.1 Å². The first-order chi connectivity index (χ1) is 17.6. The molecule has 1 unspecified atom stereocenters. The second-order valence-electron chi connectivity index (χ2n) is 11.0. The fourth-order valence-electron chi connectivity index (χ4n) is 5.00. The molecule has 0 aromatic carbocycles. The first-order valence-electron chi connectivity index (χ1n) is 16.0. The second kappa shape index (κ2) is 28.5. The number of unbranched alkanes of at least 4 members (excludes halogenated alkanes) is 20. The largest absolute Gasteiger partial charge is 0.481 e. The predicted molar refractivity (Wildman–Crippen MR) is 154 cm³/mol. The summed E-state index contributed by atoms with van der Waals surface area (Å²) in [5.74, 6) is -0.652. The van der Waals surface area contributed by atoms with Crippen molar-refractivity contribution in [2.45, 2.75) is 193 Å². The van der Waals surface area contributed by atoms with Gasteiger partial charge in [0.1, 0.15) is 6.10 Å². The van der Waals surface area contributed by atoms with Crippen LogP contribution in [0.2, 0.25) is 0 Å². The van der Waals surface area contributed by atoms with Gasteiger partial charge in [0.25, 0.3) is 0 Å². The van der Waals surface area contributed by atoms with Crippen LogP contribution in [0.3, 0.4) is 0 Å². The number of carbonyl (C=O) groups excluding carboxylic acids is 1. The Morgan fingerprint density at radius 2 is 0.889 bits per heavy atom. The number of hydrogen-bond acceptors (Lipinski definition) is 3. The molecule has 0 saturated heterocycles. The van der Waals surface area contributed by atoms with Gasteiger partial charge in [-0.15, -0.1) is 0 Å². The highest BCUT2D eigenvalue weighted by atomic mass is 16.5. The van der Waals surface area contributed by atoms with Crippen LogP contribution >= 0.6 is 0 Å². The van der Waals surface area contributed by atoms with Gasteiger partial charge in [-0.05, 0) is 32.1 Å². The molecule has 4 heteroatoms. The number of carboxylic acids is 1. The molecule has 4 nitrogen and oxygen atoms in total. The first-order valence-corrected chi connectivity index (χ1v) is 16.0. The van der Waals surface area contributed by atoms with Crippen molar-refractivity contribution >= 4 is 11.9 Å². The van der Waals surface area contributed by atoms with Gasteiger partial charge in [-0.3, -0.25) is 9.59 Å². The maximum absolute atomic E-state index is 12.3. The second-order valence-corrected chi connectivity index (χ2v) is 11.0. The van der Waals surface area contributed by atoms with Crippen LogP contribution in [-0.4, -0.2) is 23.1 Å². The number of ether oxygens (including phenoxy) is 1. The fraction of sp³-hybridized carbons (Fsp3) is 0.938. The third-order valence-corrected chi connectivity index (χ3v) is 7.31. The van der Waals surface area contributed by atoms with Crippen molar-refractivity contribution in [1.29, 1.82) is 0 Å². The van der Waals surface area contributed by atoms with E-state index in [1.165, 1.54) is 116 Å². The predicted octanol–water partition coefficient (Wildman–Crippen LogP) is 10.6. The molecule has 0 aliphatic heterocycles. The summed E-state index contributed by atoms with van der Waals surface area (Å²) in [7, 11) is 0. The molecule has 0 aromatic heterocycles. The number of hydrogen-bond donors (Lipinski definition) is 1. The minimum absolute atomic E-state index is 0.0207. The van der Waals surface area contributed by atoms with Crippen molar-refractivity contribution in [3.05, 3.63) is 0 Å². The van der Waals surface area contributed by atoms with Crippen molar-refractivity contribution in [3.8, 4) is 0 Å². The molecule has 1 atom stereocenters. The van der Waals surface area contributed by atoms with E-state index < -0.39 is 5.97 Å². The Kier molecular flexibility index (Phi) is 27.7. The van der Waals surface area contributed by atoms with Crippen molar-refractivity contribution < 1.29 is 19.4 Å². The molecule has 0 heterocycles. The molecule has 0 rings (SSSR count). The third-order valence-electron chi connectivity index (χ3n) is 7.31. The van der Waals surface area contributed by atoms with E-state index in [1.54, 1.807) is 0 Å². The molecule has 0 saturated carbocycles. The van der Waals surface area contributed by atoms with E-state index in [4.69, 9.17) is 9.84 Å². The summed E-state index contributed by atoms with van der Waals surface area (Å²) in [6, 6.07) is 0. The van der Waals surface area contributed by atoms with Gasteiger partial charge in [-0.25, -0.2) is 0 Å². The Bertz CT molecular complexity index is 477. The lowest BCUT2D eigenvalue weighted by atomic mass is 10.0. The summed E-state index contributed by atoms with van der Waals surface area (Å²) in [6.07, 6.45) is 31.6. The third kappa shape index (κ3) is 27.5. The Morgan fingerprint density at radius 3 is 1.31 bits per heavy atom. The maximum Gasteiger partial charge on any atom is 0.306 e. The summed E-state index contributed by atoms with van der Waals surface area (Å²) in [4.78, 5) is 22.8. The molecule has 0 spiro atoms. The standard InChI is InChI=1S/C32H62O4/c1-3-5-6-7-8-9-11-16-19-22-25-29-32(35)36-30(26-4-2)27-23-20-17-14-12-10-13-15-18-21-24-28-31(33)34/h30H,3-29H2,1-2H3,(H,33,34). The van der Waals surface area contributed by atoms with Crippen molar-refractivity contribution in [2.24, 2.45) is 0 Å². The molecule has 0 aliphatic carbocycles. The molecule has 0 radical (unpaired) electrons. The summed E-state index contributed by atoms with van der Waals surface area (Å²) in [6.45, 7) is 4.45. The summed E-state index contributed by atoms with van der Waals surface area (Å²) >= 11 is 0. The smallest absolute Gasteiger partial charge is 0.306 e. The van der Waals surface area contributed by atoms with Crippen molar-refractivity contribution in [1.82, 2.24) is 0 Å². The lowest BCUT2D eigenvalue weighted by molar-refractivity contribution is -0.150. The molecule has 0 aromatic rings. The zero-order valence-corrected chi connectivity index (χ0v) is 24.3. The van der Waals surface area contributed by atoms with Crippen LogP contribution in [0, 0.1) is 0 Å². The average molecular weight is 511 g/mol. The molecule has 0 amide bonds. The Labute approximate surface area is 224 Å². The monoisotopic (exact) mass is 510 g/mol. The van der Waals surface area contributed by atoms with Crippen LogP contribution in [0.5, 0.6) is 0 Å². The van der Waals surface area contributed by atoms with E-state index in [1.807, 2.05) is 0 Å². The molecular formula is C32H62O4. The number of carbonyl (C=O) groups is 2. The highest BCUT2D eigenvalue weighted by Crippen LogP contribution is 2.17. The maximum atomic E-state index is 12.3. The van der Waals surface area contributed by atoms with Crippen LogP contribution in [0.15, 0.2) is 0 Å². The molecule has 36 heavy (non-hydrogen) atoms. The zero-order chi connectivity index (χ0) is 26.5. The van der Waals surface area contributed by atoms with Gasteiger partial charge in [0.15, 0.2) is 0 Å². The van der Waals surface area contributed by atoms with Crippen LogP contribution in [0.25, 0.3) is 0 Å². The van der Waals surface area contributed by atoms with Crippen LogP contribution < -0.4 is 0 Å². The van der Waals surface area contributed by atoms with Crippen molar-refractivity contribution in [3.63, 3.8) is 0 Å². The van der Waals surface area contributed by atoms with E-state index in [9.17, 15) is 9.59 Å². The summed E-state index contributed by atoms with van der Waals surface area (Å²) < 4.78 is 5.82. The van der Waals surface area contributed by atoms with Crippen molar-refractivity contribution in [2.75, 3.05) is 0 Å². The normalized spacial score (nSPS) is 12.1. The van der Waals surface area contributed by atoms with Crippen LogP contribution in [0.4, 0.5) is 0 Å². The molecule has 214 valence electrons. The van der Waals surface area contributed by atoms with Gasteiger partial charge in [0.2, 0.25) is 0 Å². The zero-order valence-electron chi connectivity index (χ0n) is 24.3. The minimum atomic E-state index is -0.672. The van der Waals surface area contributed by atoms with Gasteiger partial charge in [0.05, 0.1) is 0 Å². The van der Waals surface area contributed by atoms with E-state index in [0.717, 1.165) is 44.9 Å². The van der Waals surface area contributed by atoms with E-state index in [0.29, 0.717) is 12.8 Å². The molecule has 1 N–H and O–H groups in total. The SMILES string of the molecule is CCCCCCCCCCCCCC(=O)OC(CCC)CCCCCCCCCCCCCC(=O)O. The molecule has 0 fully saturated rings. The number of rotatable bonds is 29. The lowest BCUT2D eigenvalue weighted by Gasteiger charge is -2.17. The topological polar surface area (TPSA) is 63.6 Å². The van der Waals surface area contributed by atoms with E-state index >= 15 is 0 Å². The number of carboxylic acid groups (broad SMARTS) is 1. The molecule has 0 aliphatic rings. The highest BCUT2D eigenvalue weighted by Gasteiger charge is 2.13. The van der Waals surface area contributed by atoms with Gasteiger partial charge in [-0.1, -0.05) is 142 Å². The molecule has 0 bridgehead atoms. The van der Waals surface area contributed by atoms with Gasteiger partial charge in [0, 0.05) is 12.8 Å². The van der Waals surface area contributed by atoms with Gasteiger partial charge in [-0.2, -0.15) is 0 Å². The Hall–Kier alpha value is -1.06. The quantitative estimate of drug-likeness (QED) is 0.0802. The van der Waals surface area contributed by atoms with Gasteiger partial charge < -0.3 is 9.84 Å².